The molecule has 0 saturated carbocycles. The van der Waals surface area contributed by atoms with Crippen LogP contribution in [-0.2, 0) is 4.79 Å². The second-order valence-electron chi connectivity index (χ2n) is 4.65. The van der Waals surface area contributed by atoms with Crippen molar-refractivity contribution in [2.75, 3.05) is 12.4 Å². The first-order valence-electron chi connectivity index (χ1n) is 6.62. The third kappa shape index (κ3) is 3.18. The quantitative estimate of drug-likeness (QED) is 0.612. The maximum atomic E-state index is 11.7. The van der Waals surface area contributed by atoms with Crippen LogP contribution in [0.15, 0.2) is 11.2 Å². The monoisotopic (exact) mass is 309 g/mol. The minimum absolute atomic E-state index is 0.0573. The number of hydrogen-bond donors (Lipinski definition) is 2. The van der Waals surface area contributed by atoms with E-state index in [0.717, 1.165) is 11.4 Å². The molecule has 3 N–H and O–H groups in total. The summed E-state index contributed by atoms with van der Waals surface area (Å²) in [6.07, 6.45) is 0. The third-order valence-electron chi connectivity index (χ3n) is 2.85. The van der Waals surface area contributed by atoms with E-state index < -0.39 is 0 Å². The van der Waals surface area contributed by atoms with Gasteiger partial charge in [-0.3, -0.25) is 4.79 Å². The molecule has 2 rings (SSSR count). The predicted octanol–water partition coefficient (Wildman–Crippen LogP) is 0.411. The second-order valence-corrected chi connectivity index (χ2v) is 5.95. The fraction of sp³-hybridized carbons (Fsp3) is 0.500. The lowest BCUT2D eigenvalue weighted by Crippen LogP contribution is -2.31. The fourth-order valence-corrected chi connectivity index (χ4v) is 2.64. The van der Waals surface area contributed by atoms with Crippen LogP contribution in [0.25, 0.3) is 5.95 Å². The Morgan fingerprint density at radius 2 is 2.19 bits per heavy atom. The van der Waals surface area contributed by atoms with Crippen molar-refractivity contribution < 1.29 is 4.79 Å². The number of nitrogens with one attached hydrogen (secondary N) is 1. The summed E-state index contributed by atoms with van der Waals surface area (Å²) in [5, 5.41) is 15.3. The van der Waals surface area contributed by atoms with Crippen molar-refractivity contribution >= 4 is 17.7 Å². The Morgan fingerprint density at radius 3 is 2.76 bits per heavy atom. The van der Waals surface area contributed by atoms with E-state index in [1.807, 2.05) is 26.8 Å². The zero-order valence-corrected chi connectivity index (χ0v) is 13.3. The minimum Gasteiger partial charge on any atom is -0.355 e. The molecular weight excluding hydrogens is 290 g/mol. The summed E-state index contributed by atoms with van der Waals surface area (Å²) >= 11 is 1.26. The number of aromatic nitrogens is 5. The number of rotatable bonds is 5. The number of aryl methyl sites for hydroxylation is 2. The second kappa shape index (κ2) is 6.17. The zero-order chi connectivity index (χ0) is 15.6. The zero-order valence-electron chi connectivity index (χ0n) is 12.5. The summed E-state index contributed by atoms with van der Waals surface area (Å²) in [5.41, 5.74) is 1.79. The summed E-state index contributed by atoms with van der Waals surface area (Å²) < 4.78 is 2.98. The van der Waals surface area contributed by atoms with Crippen LogP contribution in [0.5, 0.6) is 0 Å². The Labute approximate surface area is 127 Å². The van der Waals surface area contributed by atoms with E-state index >= 15 is 0 Å². The Morgan fingerprint density at radius 1 is 1.48 bits per heavy atom. The van der Waals surface area contributed by atoms with Crippen molar-refractivity contribution in [3.63, 3.8) is 0 Å². The highest BCUT2D eigenvalue weighted by Gasteiger charge is 2.20. The molecule has 0 fully saturated rings. The first kappa shape index (κ1) is 15.4. The van der Waals surface area contributed by atoms with Gasteiger partial charge >= 0.3 is 0 Å². The summed E-state index contributed by atoms with van der Waals surface area (Å²) in [4.78, 5) is 11.7. The van der Waals surface area contributed by atoms with E-state index in [2.05, 4.69) is 20.6 Å². The standard InChI is InChI=1S/C12H19N7OS/c1-5-14-10(20)9(4)21-12-16-15-11(18(12)13)19-8(3)6-7(2)17-19/h6,9H,5,13H2,1-4H3,(H,14,20)/t9-/m1/s1. The van der Waals surface area contributed by atoms with Crippen LogP contribution in [0.4, 0.5) is 0 Å². The molecule has 2 aromatic heterocycles. The van der Waals surface area contributed by atoms with E-state index in [4.69, 9.17) is 5.84 Å². The van der Waals surface area contributed by atoms with Gasteiger partial charge in [0.1, 0.15) is 0 Å². The lowest BCUT2D eigenvalue weighted by atomic mass is 10.4. The summed E-state index contributed by atoms with van der Waals surface area (Å²) in [5.74, 6) is 6.38. The average molecular weight is 309 g/mol. The number of amides is 1. The van der Waals surface area contributed by atoms with Crippen LogP contribution < -0.4 is 11.2 Å². The van der Waals surface area contributed by atoms with E-state index in [-0.39, 0.29) is 11.2 Å². The highest BCUT2D eigenvalue weighted by molar-refractivity contribution is 8.00. The SMILES string of the molecule is CCNC(=O)[C@@H](C)Sc1nnc(-n2nc(C)cc2C)n1N. The number of carbonyl (C=O) groups excluding carboxylic acids is 1. The number of nitrogens with zero attached hydrogens (tertiary/aromatic N) is 5. The number of carbonyl (C=O) groups is 1. The van der Waals surface area contributed by atoms with E-state index in [1.165, 1.54) is 16.4 Å². The molecule has 8 nitrogen and oxygen atoms in total. The van der Waals surface area contributed by atoms with Gasteiger partial charge in [-0.15, -0.1) is 10.2 Å². The van der Waals surface area contributed by atoms with Crippen molar-refractivity contribution in [3.8, 4) is 5.95 Å². The molecule has 2 heterocycles. The molecule has 0 radical (unpaired) electrons. The van der Waals surface area contributed by atoms with Crippen molar-refractivity contribution in [2.24, 2.45) is 0 Å². The Hall–Kier alpha value is -2.03. The molecule has 0 aliphatic carbocycles. The molecule has 9 heteroatoms. The molecule has 0 aliphatic heterocycles. The molecule has 0 aromatic carbocycles. The highest BCUT2D eigenvalue weighted by atomic mass is 32.2. The van der Waals surface area contributed by atoms with Gasteiger partial charge < -0.3 is 11.2 Å². The number of thioether (sulfide) groups is 1. The molecule has 21 heavy (non-hydrogen) atoms. The summed E-state index contributed by atoms with van der Waals surface area (Å²) in [6.45, 7) is 8.08. The molecule has 0 unspecified atom stereocenters. The van der Waals surface area contributed by atoms with Crippen molar-refractivity contribution in [2.45, 2.75) is 38.1 Å². The smallest absolute Gasteiger partial charge is 0.271 e. The lowest BCUT2D eigenvalue weighted by molar-refractivity contribution is -0.120. The van der Waals surface area contributed by atoms with E-state index in [0.29, 0.717) is 17.6 Å². The van der Waals surface area contributed by atoms with Gasteiger partial charge in [0, 0.05) is 12.2 Å². The maximum Gasteiger partial charge on any atom is 0.271 e. The molecule has 0 bridgehead atoms. The molecule has 0 aliphatic rings. The topological polar surface area (TPSA) is 104 Å². The van der Waals surface area contributed by atoms with E-state index in [1.54, 1.807) is 11.6 Å². The Bertz CT molecular complexity index is 648. The molecule has 1 atom stereocenters. The molecule has 2 aromatic rings. The van der Waals surface area contributed by atoms with Gasteiger partial charge in [-0.1, -0.05) is 11.8 Å². The van der Waals surface area contributed by atoms with Gasteiger partial charge in [0.15, 0.2) is 0 Å². The fourth-order valence-electron chi connectivity index (χ4n) is 1.86. The van der Waals surface area contributed by atoms with Crippen molar-refractivity contribution in [1.29, 1.82) is 0 Å². The van der Waals surface area contributed by atoms with Crippen LogP contribution >= 0.6 is 11.8 Å². The molecule has 114 valence electrons. The van der Waals surface area contributed by atoms with Gasteiger partial charge in [-0.2, -0.15) is 5.10 Å². The van der Waals surface area contributed by atoms with Gasteiger partial charge in [0.25, 0.3) is 5.95 Å². The van der Waals surface area contributed by atoms with Crippen LogP contribution in [0.1, 0.15) is 25.2 Å². The normalized spacial score (nSPS) is 12.4. The summed E-state index contributed by atoms with van der Waals surface area (Å²) in [7, 11) is 0. The first-order chi connectivity index (χ1) is 9.93. The lowest BCUT2D eigenvalue weighted by Gasteiger charge is -2.10. The van der Waals surface area contributed by atoms with Gasteiger partial charge in [-0.05, 0) is 33.8 Å². The van der Waals surface area contributed by atoms with Crippen LogP contribution in [0.3, 0.4) is 0 Å². The van der Waals surface area contributed by atoms with Crippen LogP contribution in [-0.4, -0.2) is 42.4 Å². The predicted molar refractivity (Wildman–Crippen MR) is 80.8 cm³/mol. The highest BCUT2D eigenvalue weighted by Crippen LogP contribution is 2.22. The van der Waals surface area contributed by atoms with Gasteiger partial charge in [0.2, 0.25) is 11.1 Å². The molecule has 1 amide bonds. The average Bonchev–Trinajstić information content (AvgIpc) is 2.93. The van der Waals surface area contributed by atoms with E-state index in [9.17, 15) is 4.79 Å². The Kier molecular flexibility index (Phi) is 4.51. The van der Waals surface area contributed by atoms with Crippen molar-refractivity contribution in [1.82, 2.24) is 30.0 Å². The number of nitrogen functional groups attached to an aromatic ring is 1. The van der Waals surface area contributed by atoms with Crippen LogP contribution in [0.2, 0.25) is 0 Å². The molecule has 0 saturated heterocycles. The number of hydrogen-bond acceptors (Lipinski definition) is 6. The van der Waals surface area contributed by atoms with Crippen LogP contribution in [0, 0.1) is 13.8 Å². The largest absolute Gasteiger partial charge is 0.355 e. The number of nitrogens with two attached hydrogens (primary N) is 1. The maximum absolute atomic E-state index is 11.7. The van der Waals surface area contributed by atoms with Gasteiger partial charge in [-0.25, -0.2) is 9.36 Å². The molecular formula is C12H19N7OS. The molecule has 0 spiro atoms. The van der Waals surface area contributed by atoms with Crippen molar-refractivity contribution in [3.05, 3.63) is 17.5 Å². The first-order valence-corrected chi connectivity index (χ1v) is 7.50. The Balaban J connectivity index is 2.21. The van der Waals surface area contributed by atoms with Gasteiger partial charge in [0.05, 0.1) is 10.9 Å². The third-order valence-corrected chi connectivity index (χ3v) is 3.90. The minimum atomic E-state index is -0.301. The summed E-state index contributed by atoms with van der Waals surface area (Å²) in [6, 6.07) is 1.93.